The summed E-state index contributed by atoms with van der Waals surface area (Å²) in [7, 11) is 0. The zero-order chi connectivity index (χ0) is 18.7. The first-order chi connectivity index (χ1) is 12.5. The van der Waals surface area contributed by atoms with Crippen molar-refractivity contribution >= 4 is 40.7 Å². The number of benzene rings is 1. The highest BCUT2D eigenvalue weighted by molar-refractivity contribution is 6.40. The Hall–Kier alpha value is -2.11. The lowest BCUT2D eigenvalue weighted by Gasteiger charge is -2.31. The van der Waals surface area contributed by atoms with Crippen LogP contribution in [0.2, 0.25) is 10.0 Å². The van der Waals surface area contributed by atoms with Gasteiger partial charge in [-0.3, -0.25) is 14.6 Å². The highest BCUT2D eigenvalue weighted by Crippen LogP contribution is 2.30. The third kappa shape index (κ3) is 4.17. The molecule has 1 aliphatic rings. The smallest absolute Gasteiger partial charge is 0.257 e. The Morgan fingerprint density at radius 1 is 1.19 bits per heavy atom. The van der Waals surface area contributed by atoms with Gasteiger partial charge in [-0.15, -0.1) is 0 Å². The summed E-state index contributed by atoms with van der Waals surface area (Å²) >= 11 is 12.2. The van der Waals surface area contributed by atoms with Gasteiger partial charge in [0.25, 0.3) is 11.8 Å². The van der Waals surface area contributed by atoms with Crippen molar-refractivity contribution in [3.8, 4) is 0 Å². The van der Waals surface area contributed by atoms with Gasteiger partial charge in [0.05, 0.1) is 26.9 Å². The van der Waals surface area contributed by atoms with Crippen molar-refractivity contribution in [1.29, 1.82) is 0 Å². The van der Waals surface area contributed by atoms with Crippen LogP contribution in [0, 0.1) is 5.92 Å². The van der Waals surface area contributed by atoms with Crippen LogP contribution in [-0.4, -0.2) is 34.8 Å². The minimum absolute atomic E-state index is 0.102. The summed E-state index contributed by atoms with van der Waals surface area (Å²) in [6.45, 7) is 3.59. The molecule has 1 aromatic heterocycles. The minimum atomic E-state index is -0.422. The van der Waals surface area contributed by atoms with Crippen LogP contribution < -0.4 is 5.32 Å². The molecular formula is C19H19Cl2N3O2. The van der Waals surface area contributed by atoms with Crippen LogP contribution in [0.25, 0.3) is 0 Å². The molecule has 0 radical (unpaired) electrons. The maximum atomic E-state index is 12.7. The Labute approximate surface area is 162 Å². The number of anilines is 1. The first-order valence-corrected chi connectivity index (χ1v) is 9.21. The van der Waals surface area contributed by atoms with Gasteiger partial charge in [-0.05, 0) is 37.0 Å². The number of carbonyl (C=O) groups excluding carboxylic acids is 2. The topological polar surface area (TPSA) is 62.3 Å². The second kappa shape index (κ2) is 8.06. The molecule has 2 aromatic rings. The molecule has 0 aliphatic carbocycles. The van der Waals surface area contributed by atoms with Crippen LogP contribution in [-0.2, 0) is 0 Å². The predicted octanol–water partition coefficient (Wildman–Crippen LogP) is 4.51. The van der Waals surface area contributed by atoms with Gasteiger partial charge in [-0.1, -0.05) is 36.2 Å². The molecule has 1 saturated heterocycles. The van der Waals surface area contributed by atoms with Crippen LogP contribution in [0.5, 0.6) is 0 Å². The van der Waals surface area contributed by atoms with E-state index in [1.165, 1.54) is 12.4 Å². The van der Waals surface area contributed by atoms with E-state index in [1.807, 2.05) is 4.90 Å². The van der Waals surface area contributed by atoms with Crippen molar-refractivity contribution < 1.29 is 9.59 Å². The molecule has 7 heteroatoms. The zero-order valence-corrected chi connectivity index (χ0v) is 15.8. The van der Waals surface area contributed by atoms with Crippen LogP contribution in [0.1, 0.15) is 40.5 Å². The molecule has 1 fully saturated rings. The maximum absolute atomic E-state index is 12.7. The number of halogens is 2. The van der Waals surface area contributed by atoms with Gasteiger partial charge in [0.15, 0.2) is 0 Å². The lowest BCUT2D eigenvalue weighted by molar-refractivity contribution is 0.0682. The Bertz CT molecular complexity index is 821. The zero-order valence-electron chi connectivity index (χ0n) is 14.3. The molecule has 136 valence electrons. The molecular weight excluding hydrogens is 373 g/mol. The van der Waals surface area contributed by atoms with Gasteiger partial charge in [-0.2, -0.15) is 0 Å². The normalized spacial score (nSPS) is 17.0. The van der Waals surface area contributed by atoms with E-state index in [4.69, 9.17) is 23.2 Å². The van der Waals surface area contributed by atoms with E-state index in [0.717, 1.165) is 25.9 Å². The number of rotatable bonds is 3. The summed E-state index contributed by atoms with van der Waals surface area (Å²) in [5.74, 6) is -0.0434. The van der Waals surface area contributed by atoms with E-state index in [9.17, 15) is 9.59 Å². The van der Waals surface area contributed by atoms with Crippen LogP contribution in [0.15, 0.2) is 36.7 Å². The van der Waals surface area contributed by atoms with Crippen molar-refractivity contribution in [3.05, 3.63) is 57.8 Å². The minimum Gasteiger partial charge on any atom is -0.338 e. The maximum Gasteiger partial charge on any atom is 0.257 e. The lowest BCUT2D eigenvalue weighted by Crippen LogP contribution is -2.39. The Balaban J connectivity index is 1.78. The Morgan fingerprint density at radius 3 is 2.58 bits per heavy atom. The Morgan fingerprint density at radius 2 is 1.88 bits per heavy atom. The number of likely N-dealkylation sites (tertiary alicyclic amines) is 1. The van der Waals surface area contributed by atoms with Gasteiger partial charge in [0, 0.05) is 25.5 Å². The monoisotopic (exact) mass is 391 g/mol. The Kier molecular flexibility index (Phi) is 5.79. The van der Waals surface area contributed by atoms with E-state index in [1.54, 1.807) is 24.3 Å². The fourth-order valence-corrected chi connectivity index (χ4v) is 3.53. The quantitative estimate of drug-likeness (QED) is 0.836. The molecule has 1 N–H and O–H groups in total. The highest BCUT2D eigenvalue weighted by atomic mass is 35.5. The number of hydrogen-bond donors (Lipinski definition) is 1. The average Bonchev–Trinajstić information content (AvgIpc) is 2.64. The molecule has 0 bridgehead atoms. The molecule has 0 spiro atoms. The fraction of sp³-hybridized carbons (Fsp3) is 0.316. The molecule has 1 aliphatic heterocycles. The summed E-state index contributed by atoms with van der Waals surface area (Å²) < 4.78 is 0. The second-order valence-corrected chi connectivity index (χ2v) is 7.33. The summed E-state index contributed by atoms with van der Waals surface area (Å²) in [6.07, 6.45) is 5.02. The molecule has 1 aromatic carbocycles. The largest absolute Gasteiger partial charge is 0.338 e. The molecule has 2 amide bonds. The molecule has 1 atom stereocenters. The number of nitrogens with one attached hydrogen (secondary N) is 1. The van der Waals surface area contributed by atoms with Gasteiger partial charge < -0.3 is 10.2 Å². The standard InChI is InChI=1S/C19H19Cl2N3O2/c1-12-4-3-7-24(11-12)19(26)14-8-13(9-22-10-14)18(25)23-17-15(20)5-2-6-16(17)21/h2,5-6,8-10,12H,3-4,7,11H2,1H3,(H,23,25). The average molecular weight is 392 g/mol. The summed E-state index contributed by atoms with van der Waals surface area (Å²) in [4.78, 5) is 31.1. The van der Waals surface area contributed by atoms with E-state index in [-0.39, 0.29) is 11.5 Å². The number of hydrogen-bond acceptors (Lipinski definition) is 3. The van der Waals surface area contributed by atoms with Crippen LogP contribution in [0.4, 0.5) is 5.69 Å². The number of piperidine rings is 1. The van der Waals surface area contributed by atoms with E-state index < -0.39 is 5.91 Å². The third-order valence-corrected chi connectivity index (χ3v) is 5.02. The van der Waals surface area contributed by atoms with Crippen molar-refractivity contribution in [2.45, 2.75) is 19.8 Å². The van der Waals surface area contributed by atoms with E-state index in [0.29, 0.717) is 27.2 Å². The number of carbonyl (C=O) groups is 2. The molecule has 2 heterocycles. The van der Waals surface area contributed by atoms with E-state index in [2.05, 4.69) is 17.2 Å². The molecule has 5 nitrogen and oxygen atoms in total. The molecule has 0 saturated carbocycles. The van der Waals surface area contributed by atoms with Gasteiger partial charge in [0.1, 0.15) is 0 Å². The van der Waals surface area contributed by atoms with Gasteiger partial charge in [-0.25, -0.2) is 0 Å². The van der Waals surface area contributed by atoms with Crippen molar-refractivity contribution in [3.63, 3.8) is 0 Å². The first kappa shape index (κ1) is 18.7. The fourth-order valence-electron chi connectivity index (χ4n) is 3.04. The summed E-state index contributed by atoms with van der Waals surface area (Å²) in [6, 6.07) is 6.52. The number of pyridine rings is 1. The van der Waals surface area contributed by atoms with E-state index >= 15 is 0 Å². The molecule has 3 rings (SSSR count). The van der Waals surface area contributed by atoms with Crippen LogP contribution >= 0.6 is 23.2 Å². The number of nitrogens with zero attached hydrogens (tertiary/aromatic N) is 2. The predicted molar refractivity (Wildman–Crippen MR) is 103 cm³/mol. The van der Waals surface area contributed by atoms with Crippen molar-refractivity contribution in [2.75, 3.05) is 18.4 Å². The van der Waals surface area contributed by atoms with Crippen molar-refractivity contribution in [1.82, 2.24) is 9.88 Å². The van der Waals surface area contributed by atoms with Gasteiger partial charge in [0.2, 0.25) is 0 Å². The van der Waals surface area contributed by atoms with Gasteiger partial charge >= 0.3 is 0 Å². The summed E-state index contributed by atoms with van der Waals surface area (Å²) in [5, 5.41) is 3.36. The second-order valence-electron chi connectivity index (χ2n) is 6.51. The first-order valence-electron chi connectivity index (χ1n) is 8.45. The lowest BCUT2D eigenvalue weighted by atomic mass is 9.99. The van der Waals surface area contributed by atoms with Crippen molar-refractivity contribution in [2.24, 2.45) is 5.92 Å². The SMILES string of the molecule is CC1CCCN(C(=O)c2cncc(C(=O)Nc3c(Cl)cccc3Cl)c2)C1. The molecule has 26 heavy (non-hydrogen) atoms. The third-order valence-electron chi connectivity index (χ3n) is 4.39. The number of amides is 2. The number of aromatic nitrogens is 1. The summed E-state index contributed by atoms with van der Waals surface area (Å²) in [5.41, 5.74) is 1.01. The molecule has 1 unspecified atom stereocenters. The highest BCUT2D eigenvalue weighted by Gasteiger charge is 2.23. The number of para-hydroxylation sites is 1. The van der Waals surface area contributed by atoms with Crippen LogP contribution in [0.3, 0.4) is 0 Å².